The van der Waals surface area contributed by atoms with Gasteiger partial charge in [0.15, 0.2) is 0 Å². The molecule has 0 spiro atoms. The van der Waals surface area contributed by atoms with E-state index in [2.05, 4.69) is 54.6 Å². The summed E-state index contributed by atoms with van der Waals surface area (Å²) in [7, 11) is 0. The van der Waals surface area contributed by atoms with E-state index in [0.717, 1.165) is 16.7 Å². The van der Waals surface area contributed by atoms with Crippen molar-refractivity contribution in [2.24, 2.45) is 0 Å². The topological polar surface area (TPSA) is 26.3 Å². The highest BCUT2D eigenvalue weighted by atomic mass is 16.5. The highest BCUT2D eigenvalue weighted by Crippen LogP contribution is 2.59. The first kappa shape index (κ1) is 16.3. The first-order valence-electron chi connectivity index (χ1n) is 9.87. The zero-order valence-corrected chi connectivity index (χ0v) is 15.7. The molecule has 29 heavy (non-hydrogen) atoms. The van der Waals surface area contributed by atoms with Crippen LogP contribution in [0.25, 0.3) is 0 Å². The van der Waals surface area contributed by atoms with Gasteiger partial charge in [-0.15, -0.1) is 0 Å². The van der Waals surface area contributed by atoms with Crippen LogP contribution < -0.4 is 4.74 Å². The number of hydrogen-bond donors (Lipinski definition) is 0. The van der Waals surface area contributed by atoms with Gasteiger partial charge in [0.25, 0.3) is 0 Å². The minimum atomic E-state index is -0.964. The smallest absolute Gasteiger partial charge is 0.331 e. The van der Waals surface area contributed by atoms with Crippen molar-refractivity contribution in [3.05, 3.63) is 137 Å². The van der Waals surface area contributed by atoms with Gasteiger partial charge in [-0.25, -0.2) is 4.79 Å². The summed E-state index contributed by atoms with van der Waals surface area (Å²) in [6.07, 6.45) is 0. The lowest BCUT2D eigenvalue weighted by Crippen LogP contribution is -2.49. The van der Waals surface area contributed by atoms with Crippen LogP contribution in [-0.2, 0) is 10.2 Å². The highest BCUT2D eigenvalue weighted by Gasteiger charge is 2.57. The van der Waals surface area contributed by atoms with Gasteiger partial charge in [-0.1, -0.05) is 91.0 Å². The Labute approximate surface area is 169 Å². The average Bonchev–Trinajstić information content (AvgIpc) is 2.79. The summed E-state index contributed by atoms with van der Waals surface area (Å²) >= 11 is 0. The summed E-state index contributed by atoms with van der Waals surface area (Å²) in [5.74, 6) is 0.450. The number of benzene rings is 4. The molecule has 0 amide bonds. The van der Waals surface area contributed by atoms with Crippen molar-refractivity contribution in [3.8, 4) is 5.75 Å². The second kappa shape index (κ2) is 5.92. The van der Waals surface area contributed by atoms with E-state index in [1.807, 2.05) is 48.5 Å². The minimum absolute atomic E-state index is 0.144. The molecule has 2 heteroatoms. The van der Waals surface area contributed by atoms with Gasteiger partial charge in [0, 0.05) is 5.92 Å². The standard InChI is InChI=1S/C27H18O2/c28-26(29-18-10-2-1-3-11-18)27-22-15-7-4-12-19(22)25(20-13-5-8-16-23(20)27)21-14-6-9-17-24(21)27/h1-17,25H. The maximum atomic E-state index is 14.0. The Kier molecular flexibility index (Phi) is 3.33. The Morgan fingerprint density at radius 2 is 1.00 bits per heavy atom. The molecule has 2 bridgehead atoms. The summed E-state index contributed by atoms with van der Waals surface area (Å²) in [6, 6.07) is 34.3. The van der Waals surface area contributed by atoms with Crippen LogP contribution in [0.3, 0.4) is 0 Å². The number of carbonyl (C=O) groups is 1. The molecule has 2 nitrogen and oxygen atoms in total. The zero-order valence-electron chi connectivity index (χ0n) is 15.7. The molecular weight excluding hydrogens is 356 g/mol. The fourth-order valence-corrected chi connectivity index (χ4v) is 5.21. The van der Waals surface area contributed by atoms with Gasteiger partial charge in [0.05, 0.1) is 0 Å². The van der Waals surface area contributed by atoms with Gasteiger partial charge in [0.2, 0.25) is 0 Å². The van der Waals surface area contributed by atoms with Crippen molar-refractivity contribution in [2.75, 3.05) is 0 Å². The maximum Gasteiger partial charge on any atom is 0.331 e. The van der Waals surface area contributed by atoms with Crippen LogP contribution in [0.2, 0.25) is 0 Å². The van der Waals surface area contributed by atoms with Gasteiger partial charge >= 0.3 is 5.97 Å². The summed E-state index contributed by atoms with van der Waals surface area (Å²) in [6.45, 7) is 0. The van der Waals surface area contributed by atoms with Crippen molar-refractivity contribution >= 4 is 5.97 Å². The van der Waals surface area contributed by atoms with E-state index in [9.17, 15) is 4.79 Å². The Morgan fingerprint density at radius 3 is 1.48 bits per heavy atom. The van der Waals surface area contributed by atoms with Crippen molar-refractivity contribution in [2.45, 2.75) is 11.3 Å². The van der Waals surface area contributed by atoms with Crippen LogP contribution in [0.15, 0.2) is 103 Å². The van der Waals surface area contributed by atoms with Crippen LogP contribution in [0.4, 0.5) is 0 Å². The molecule has 0 heterocycles. The number of para-hydroxylation sites is 1. The highest BCUT2D eigenvalue weighted by molar-refractivity contribution is 5.98. The second-order valence-electron chi connectivity index (χ2n) is 7.65. The van der Waals surface area contributed by atoms with E-state index >= 15 is 0 Å². The molecule has 0 fully saturated rings. The predicted molar refractivity (Wildman–Crippen MR) is 112 cm³/mol. The summed E-state index contributed by atoms with van der Waals surface area (Å²) < 4.78 is 6.00. The lowest BCUT2D eigenvalue weighted by Gasteiger charge is -2.48. The number of hydrogen-bond acceptors (Lipinski definition) is 2. The zero-order chi connectivity index (χ0) is 19.4. The molecule has 0 N–H and O–H groups in total. The third-order valence-corrected chi connectivity index (χ3v) is 6.29. The Balaban J connectivity index is 1.69. The molecule has 138 valence electrons. The van der Waals surface area contributed by atoms with Gasteiger partial charge in [0.1, 0.15) is 11.2 Å². The molecule has 0 aliphatic heterocycles. The molecule has 0 unspecified atom stereocenters. The molecule has 0 atom stereocenters. The molecule has 4 aromatic rings. The molecule has 3 aliphatic rings. The van der Waals surface area contributed by atoms with Gasteiger partial charge in [-0.2, -0.15) is 0 Å². The van der Waals surface area contributed by atoms with Crippen LogP contribution in [-0.4, -0.2) is 5.97 Å². The molecule has 0 saturated heterocycles. The van der Waals surface area contributed by atoms with Crippen LogP contribution >= 0.6 is 0 Å². The Bertz CT molecular complexity index is 1140. The quantitative estimate of drug-likeness (QED) is 0.345. The van der Waals surface area contributed by atoms with E-state index in [1.54, 1.807) is 0 Å². The predicted octanol–water partition coefficient (Wildman–Crippen LogP) is 5.43. The van der Waals surface area contributed by atoms with E-state index in [-0.39, 0.29) is 11.9 Å². The molecule has 0 radical (unpaired) electrons. The van der Waals surface area contributed by atoms with E-state index in [0.29, 0.717) is 5.75 Å². The van der Waals surface area contributed by atoms with Gasteiger partial charge < -0.3 is 4.74 Å². The first-order valence-corrected chi connectivity index (χ1v) is 9.87. The SMILES string of the molecule is O=C(Oc1ccccc1)C12c3ccccc3C(c3ccccc31)c1ccccc12. The fraction of sp³-hybridized carbons (Fsp3) is 0.0741. The molecule has 4 aromatic carbocycles. The molecule has 7 rings (SSSR count). The lowest BCUT2D eigenvalue weighted by molar-refractivity contribution is -0.138. The summed E-state index contributed by atoms with van der Waals surface area (Å²) in [5, 5.41) is 0. The van der Waals surface area contributed by atoms with E-state index < -0.39 is 5.41 Å². The van der Waals surface area contributed by atoms with Crippen LogP contribution in [0.1, 0.15) is 39.3 Å². The lowest BCUT2D eigenvalue weighted by atomic mass is 9.53. The number of carbonyl (C=O) groups excluding carboxylic acids is 1. The molecule has 0 aromatic heterocycles. The summed E-state index contributed by atoms with van der Waals surface area (Å²) in [4.78, 5) is 14.0. The van der Waals surface area contributed by atoms with Crippen molar-refractivity contribution in [1.82, 2.24) is 0 Å². The third kappa shape index (κ3) is 2.03. The molecular formula is C27H18O2. The number of ether oxygens (including phenoxy) is 1. The average molecular weight is 374 g/mol. The largest absolute Gasteiger partial charge is 0.425 e. The van der Waals surface area contributed by atoms with E-state index in [4.69, 9.17) is 4.74 Å². The van der Waals surface area contributed by atoms with Crippen molar-refractivity contribution in [3.63, 3.8) is 0 Å². The first-order chi connectivity index (χ1) is 14.3. The van der Waals surface area contributed by atoms with Crippen molar-refractivity contribution in [1.29, 1.82) is 0 Å². The normalized spacial score (nSPS) is 20.3. The Morgan fingerprint density at radius 1 is 0.586 bits per heavy atom. The van der Waals surface area contributed by atoms with Gasteiger partial charge in [-0.05, 0) is 45.5 Å². The Hall–Kier alpha value is -3.65. The minimum Gasteiger partial charge on any atom is -0.425 e. The molecule has 3 aliphatic carbocycles. The number of rotatable bonds is 2. The summed E-state index contributed by atoms with van der Waals surface area (Å²) in [5.41, 5.74) is 5.70. The third-order valence-electron chi connectivity index (χ3n) is 6.29. The van der Waals surface area contributed by atoms with Crippen LogP contribution in [0.5, 0.6) is 5.75 Å². The van der Waals surface area contributed by atoms with Crippen molar-refractivity contribution < 1.29 is 9.53 Å². The monoisotopic (exact) mass is 374 g/mol. The molecule has 0 saturated carbocycles. The van der Waals surface area contributed by atoms with E-state index in [1.165, 1.54) is 16.7 Å². The second-order valence-corrected chi connectivity index (χ2v) is 7.65. The fourth-order valence-electron chi connectivity index (χ4n) is 5.21. The van der Waals surface area contributed by atoms with Crippen LogP contribution in [0, 0.1) is 0 Å². The maximum absolute atomic E-state index is 14.0. The van der Waals surface area contributed by atoms with Gasteiger partial charge in [-0.3, -0.25) is 0 Å². The number of esters is 1.